The molecule has 0 aliphatic rings. The number of carbonyl (C=O) groups excluding carboxylic acids is 5. The van der Waals surface area contributed by atoms with Gasteiger partial charge in [0.25, 0.3) is 6.47 Å². The molecule has 0 aromatic heterocycles. The smallest absolute Gasteiger partial charge is 0.293 e. The van der Waals surface area contributed by atoms with E-state index in [1.54, 1.807) is 13.8 Å². The van der Waals surface area contributed by atoms with Gasteiger partial charge in [0.1, 0.15) is 12.1 Å². The van der Waals surface area contributed by atoms with E-state index in [1.807, 2.05) is 27.8 Å². The number of ether oxygens (including phenoxy) is 1. The molecule has 0 rings (SSSR count). The van der Waals surface area contributed by atoms with Crippen molar-refractivity contribution in [2.75, 3.05) is 20.1 Å². The number of Topliss-reactive ketones (excluding diaryl/α,β-unsaturated/α-hetero) is 1. The zero-order chi connectivity index (χ0) is 27.5. The van der Waals surface area contributed by atoms with Gasteiger partial charge < -0.3 is 36.0 Å². The Bertz CT molecular complexity index is 524. The Morgan fingerprint density at radius 1 is 1.06 bits per heavy atom. The van der Waals surface area contributed by atoms with Gasteiger partial charge in [-0.2, -0.15) is 0 Å². The number of rotatable bonds is 13. The van der Waals surface area contributed by atoms with Gasteiger partial charge >= 0.3 is 0 Å². The highest BCUT2D eigenvalue weighted by atomic mass is 16.5. The van der Waals surface area contributed by atoms with Crippen molar-refractivity contribution >= 4 is 30.4 Å². The summed E-state index contributed by atoms with van der Waals surface area (Å²) in [5.41, 5.74) is 5.65. The molecule has 0 radical (unpaired) electrons. The Morgan fingerprint density at radius 2 is 1.59 bits per heavy atom. The number of ketones is 1. The first kappa shape index (κ1) is 38.9. The maximum atomic E-state index is 11.5. The molecule has 2 atom stereocenters. The molecule has 0 saturated heterocycles. The largest absolute Gasteiger partial charge is 0.465 e. The highest BCUT2D eigenvalue weighted by Gasteiger charge is 2.18. The fourth-order valence-electron chi connectivity index (χ4n) is 1.87. The van der Waals surface area contributed by atoms with Crippen molar-refractivity contribution in [3.05, 3.63) is 0 Å². The Balaban J connectivity index is -0.000000243. The van der Waals surface area contributed by atoms with Crippen LogP contribution in [0.3, 0.4) is 0 Å². The van der Waals surface area contributed by atoms with Crippen molar-refractivity contribution in [2.45, 2.75) is 99.3 Å². The van der Waals surface area contributed by atoms with Gasteiger partial charge in [0.15, 0.2) is 0 Å². The molecular weight excluding hydrogens is 440 g/mol. The summed E-state index contributed by atoms with van der Waals surface area (Å²) in [5.74, 6) is -0.489. The number of carbonyl (C=O) groups is 5. The second-order valence-electron chi connectivity index (χ2n) is 8.17. The molecule has 0 saturated carbocycles. The van der Waals surface area contributed by atoms with Gasteiger partial charge in [-0.15, -0.1) is 0 Å². The molecule has 0 aliphatic heterocycles. The van der Waals surface area contributed by atoms with Crippen LogP contribution in [0.25, 0.3) is 0 Å². The zero-order valence-corrected chi connectivity index (χ0v) is 22.7. The van der Waals surface area contributed by atoms with Gasteiger partial charge in [-0.05, 0) is 67.0 Å². The summed E-state index contributed by atoms with van der Waals surface area (Å²) >= 11 is 0. The van der Waals surface area contributed by atoms with Crippen LogP contribution in [-0.4, -0.2) is 68.7 Å². The first-order valence-corrected chi connectivity index (χ1v) is 11.8. The van der Waals surface area contributed by atoms with E-state index in [0.29, 0.717) is 19.3 Å². The van der Waals surface area contributed by atoms with Gasteiger partial charge in [0, 0.05) is 12.5 Å². The maximum Gasteiger partial charge on any atom is 0.293 e. The highest BCUT2D eigenvalue weighted by Crippen LogP contribution is 1.98. The molecule has 0 aromatic rings. The van der Waals surface area contributed by atoms with Gasteiger partial charge in [0.2, 0.25) is 11.8 Å². The molecule has 0 aliphatic carbocycles. The summed E-state index contributed by atoms with van der Waals surface area (Å²) in [7, 11) is 1.98. The average molecular weight is 491 g/mol. The SMILES string of the molecule is CC(=O)CCC(C)NC(=O)CNC(=O)C(N)C(C)C.CC(C)OC=O.CC=O.CCCCNC. The van der Waals surface area contributed by atoms with Crippen LogP contribution in [0, 0.1) is 5.92 Å². The molecule has 0 bridgehead atoms. The standard InChI is InChI=1S/C13H25N3O3.C5H13N.C4H8O2.C2H4O/c1-8(2)12(14)13(19)15-7-11(18)16-9(3)5-6-10(4)17;1-3-4-5-6-2;1-4(2)6-3-5;1-2-3/h8-9,12H,5-7,14H2,1-4H3,(H,15,19)(H,16,18);6H,3-5H2,1-2H3;3-4H,1-2H3;2H,1H3. The summed E-state index contributed by atoms with van der Waals surface area (Å²) in [6.45, 7) is 15.8. The van der Waals surface area contributed by atoms with E-state index in [-0.39, 0.29) is 42.2 Å². The minimum absolute atomic E-state index is 0.0255. The lowest BCUT2D eigenvalue weighted by Crippen LogP contribution is -2.48. The third-order valence-electron chi connectivity index (χ3n) is 3.89. The molecule has 5 N–H and O–H groups in total. The lowest BCUT2D eigenvalue weighted by atomic mass is 10.1. The minimum Gasteiger partial charge on any atom is -0.465 e. The normalized spacial score (nSPS) is 11.2. The zero-order valence-electron chi connectivity index (χ0n) is 22.7. The van der Waals surface area contributed by atoms with Crippen LogP contribution < -0.4 is 21.7 Å². The predicted octanol–water partition coefficient (Wildman–Crippen LogP) is 1.74. The van der Waals surface area contributed by atoms with Crippen LogP contribution in [0.1, 0.15) is 81.1 Å². The molecule has 34 heavy (non-hydrogen) atoms. The fourth-order valence-corrected chi connectivity index (χ4v) is 1.87. The van der Waals surface area contributed by atoms with Crippen molar-refractivity contribution in [3.8, 4) is 0 Å². The molecule has 2 unspecified atom stereocenters. The monoisotopic (exact) mass is 490 g/mol. The molecule has 0 fully saturated rings. The molecule has 2 amide bonds. The lowest BCUT2D eigenvalue weighted by molar-refractivity contribution is -0.132. The summed E-state index contributed by atoms with van der Waals surface area (Å²) in [6, 6.07) is -0.699. The fraction of sp³-hybridized carbons (Fsp3) is 0.792. The Labute approximate surface area is 206 Å². The van der Waals surface area contributed by atoms with Crippen LogP contribution in [0.2, 0.25) is 0 Å². The molecule has 0 aromatic carbocycles. The number of hydrogen-bond donors (Lipinski definition) is 4. The van der Waals surface area contributed by atoms with Crippen molar-refractivity contribution in [1.82, 2.24) is 16.0 Å². The summed E-state index contributed by atoms with van der Waals surface area (Å²) in [5, 5.41) is 8.27. The van der Waals surface area contributed by atoms with Crippen LogP contribution in [-0.2, 0) is 28.7 Å². The van der Waals surface area contributed by atoms with E-state index in [0.717, 1.165) is 12.8 Å². The molecule has 10 nitrogen and oxygen atoms in total. The van der Waals surface area contributed by atoms with Crippen molar-refractivity contribution in [2.24, 2.45) is 11.7 Å². The van der Waals surface area contributed by atoms with Crippen molar-refractivity contribution in [1.29, 1.82) is 0 Å². The Morgan fingerprint density at radius 3 is 1.88 bits per heavy atom. The molecule has 10 heteroatoms. The molecule has 0 spiro atoms. The third-order valence-corrected chi connectivity index (χ3v) is 3.89. The van der Waals surface area contributed by atoms with Crippen molar-refractivity contribution < 1.29 is 28.7 Å². The minimum atomic E-state index is -0.608. The number of unbranched alkanes of at least 4 members (excludes halogenated alkanes) is 1. The number of nitrogens with two attached hydrogens (primary N) is 1. The number of hydrogen-bond acceptors (Lipinski definition) is 8. The maximum absolute atomic E-state index is 11.5. The second-order valence-corrected chi connectivity index (χ2v) is 8.17. The van der Waals surface area contributed by atoms with E-state index in [1.165, 1.54) is 26.7 Å². The predicted molar refractivity (Wildman–Crippen MR) is 136 cm³/mol. The lowest BCUT2D eigenvalue weighted by Gasteiger charge is -2.16. The first-order valence-electron chi connectivity index (χ1n) is 11.8. The highest BCUT2D eigenvalue weighted by molar-refractivity contribution is 5.87. The Kier molecular flexibility index (Phi) is 32.8. The van der Waals surface area contributed by atoms with Gasteiger partial charge in [-0.1, -0.05) is 27.2 Å². The topological polar surface area (TPSA) is 157 Å². The van der Waals surface area contributed by atoms with E-state index in [4.69, 9.17) is 10.5 Å². The number of amides is 2. The summed E-state index contributed by atoms with van der Waals surface area (Å²) < 4.78 is 4.36. The second kappa shape index (κ2) is 28.7. The third kappa shape index (κ3) is 37.0. The van der Waals surface area contributed by atoms with Gasteiger partial charge in [-0.25, -0.2) is 0 Å². The van der Waals surface area contributed by atoms with Crippen LogP contribution in [0.15, 0.2) is 0 Å². The van der Waals surface area contributed by atoms with Crippen molar-refractivity contribution in [3.63, 3.8) is 0 Å². The molecule has 0 heterocycles. The number of aldehydes is 1. The van der Waals surface area contributed by atoms with E-state index in [9.17, 15) is 19.2 Å². The quantitative estimate of drug-likeness (QED) is 0.225. The molecule has 202 valence electrons. The van der Waals surface area contributed by atoms with Gasteiger partial charge in [0.05, 0.1) is 18.7 Å². The summed E-state index contributed by atoms with van der Waals surface area (Å²) in [6.07, 6.45) is 4.41. The van der Waals surface area contributed by atoms with Crippen LogP contribution >= 0.6 is 0 Å². The Hall–Kier alpha value is -2.33. The first-order chi connectivity index (χ1) is 15.8. The van der Waals surface area contributed by atoms with Crippen LogP contribution in [0.5, 0.6) is 0 Å². The van der Waals surface area contributed by atoms with Gasteiger partial charge in [-0.3, -0.25) is 14.4 Å². The van der Waals surface area contributed by atoms with E-state index < -0.39 is 6.04 Å². The summed E-state index contributed by atoms with van der Waals surface area (Å²) in [4.78, 5) is 52.1. The average Bonchev–Trinajstić information content (AvgIpc) is 2.75. The van der Waals surface area contributed by atoms with Crippen LogP contribution in [0.4, 0.5) is 0 Å². The number of nitrogens with one attached hydrogen (secondary N) is 3. The van der Waals surface area contributed by atoms with E-state index in [2.05, 4.69) is 27.6 Å². The molecular formula is C24H50N4O6. The van der Waals surface area contributed by atoms with E-state index >= 15 is 0 Å².